The molecule has 1 aromatic carbocycles. The van der Waals surface area contributed by atoms with Gasteiger partial charge < -0.3 is 9.84 Å². The van der Waals surface area contributed by atoms with Crippen LogP contribution in [-0.4, -0.2) is 23.5 Å². The maximum atomic E-state index is 11.9. The number of hydrogen-bond acceptors (Lipinski definition) is 4. The SMILES string of the molecule is CCCC(=O)c1cc(O)ccc1CC(=O)OCC. The molecule has 0 spiro atoms. The summed E-state index contributed by atoms with van der Waals surface area (Å²) in [7, 11) is 0. The van der Waals surface area contributed by atoms with Crippen molar-refractivity contribution in [2.75, 3.05) is 6.61 Å². The molecular weight excluding hydrogens is 232 g/mol. The van der Waals surface area contributed by atoms with Crippen molar-refractivity contribution >= 4 is 11.8 Å². The Labute approximate surface area is 107 Å². The van der Waals surface area contributed by atoms with Crippen LogP contribution in [0.5, 0.6) is 5.75 Å². The van der Waals surface area contributed by atoms with Crippen molar-refractivity contribution in [3.63, 3.8) is 0 Å². The van der Waals surface area contributed by atoms with Crippen LogP contribution < -0.4 is 0 Å². The smallest absolute Gasteiger partial charge is 0.310 e. The lowest BCUT2D eigenvalue weighted by Gasteiger charge is -2.08. The van der Waals surface area contributed by atoms with Crippen LogP contribution in [0.25, 0.3) is 0 Å². The maximum absolute atomic E-state index is 11.9. The highest BCUT2D eigenvalue weighted by molar-refractivity contribution is 5.98. The molecule has 0 amide bonds. The molecule has 1 aromatic rings. The zero-order valence-electron chi connectivity index (χ0n) is 10.7. The van der Waals surface area contributed by atoms with Gasteiger partial charge in [-0.2, -0.15) is 0 Å². The molecule has 0 unspecified atom stereocenters. The van der Waals surface area contributed by atoms with Crippen LogP contribution in [0.2, 0.25) is 0 Å². The average Bonchev–Trinajstić information content (AvgIpc) is 2.32. The van der Waals surface area contributed by atoms with Crippen molar-refractivity contribution in [3.05, 3.63) is 29.3 Å². The van der Waals surface area contributed by atoms with Crippen LogP contribution in [0.15, 0.2) is 18.2 Å². The molecule has 18 heavy (non-hydrogen) atoms. The molecule has 1 rings (SSSR count). The number of ketones is 1. The highest BCUT2D eigenvalue weighted by atomic mass is 16.5. The van der Waals surface area contributed by atoms with Gasteiger partial charge in [0, 0.05) is 12.0 Å². The third-order valence-corrected chi connectivity index (χ3v) is 2.51. The fourth-order valence-corrected chi connectivity index (χ4v) is 1.71. The second-order valence-corrected chi connectivity index (χ2v) is 4.00. The van der Waals surface area contributed by atoms with Gasteiger partial charge in [-0.25, -0.2) is 0 Å². The molecular formula is C14H18O4. The second kappa shape index (κ2) is 6.79. The maximum Gasteiger partial charge on any atom is 0.310 e. The standard InChI is InChI=1S/C14H18O4/c1-3-5-13(16)12-9-11(15)7-6-10(12)8-14(17)18-4-2/h6-7,9,15H,3-5,8H2,1-2H3. The molecule has 0 fully saturated rings. The summed E-state index contributed by atoms with van der Waals surface area (Å²) in [5, 5.41) is 9.42. The van der Waals surface area contributed by atoms with Gasteiger partial charge in [-0.05, 0) is 31.0 Å². The number of aromatic hydroxyl groups is 1. The monoisotopic (exact) mass is 250 g/mol. The van der Waals surface area contributed by atoms with Crippen LogP contribution in [0.4, 0.5) is 0 Å². The van der Waals surface area contributed by atoms with E-state index in [1.165, 1.54) is 12.1 Å². The van der Waals surface area contributed by atoms with Crippen molar-refractivity contribution < 1.29 is 19.4 Å². The third-order valence-electron chi connectivity index (χ3n) is 2.51. The predicted molar refractivity (Wildman–Crippen MR) is 67.7 cm³/mol. The minimum absolute atomic E-state index is 0.0297. The molecule has 0 radical (unpaired) electrons. The Morgan fingerprint density at radius 1 is 1.28 bits per heavy atom. The summed E-state index contributed by atoms with van der Waals surface area (Å²) in [4.78, 5) is 23.3. The van der Waals surface area contributed by atoms with Crippen LogP contribution >= 0.6 is 0 Å². The summed E-state index contributed by atoms with van der Waals surface area (Å²) < 4.78 is 4.86. The summed E-state index contributed by atoms with van der Waals surface area (Å²) >= 11 is 0. The Balaban J connectivity index is 2.96. The highest BCUT2D eigenvalue weighted by Gasteiger charge is 2.14. The number of ether oxygens (including phenoxy) is 1. The second-order valence-electron chi connectivity index (χ2n) is 4.00. The number of phenols is 1. The first-order chi connectivity index (χ1) is 8.58. The van der Waals surface area contributed by atoms with Gasteiger partial charge in [-0.1, -0.05) is 13.0 Å². The van der Waals surface area contributed by atoms with Crippen molar-refractivity contribution in [1.82, 2.24) is 0 Å². The van der Waals surface area contributed by atoms with E-state index >= 15 is 0 Å². The number of Topliss-reactive ketones (excluding diaryl/α,β-unsaturated/α-hetero) is 1. The number of hydrogen-bond donors (Lipinski definition) is 1. The third kappa shape index (κ3) is 3.87. The van der Waals surface area contributed by atoms with Crippen molar-refractivity contribution in [3.8, 4) is 5.75 Å². The quantitative estimate of drug-likeness (QED) is 0.622. The van der Waals surface area contributed by atoms with E-state index < -0.39 is 0 Å². The summed E-state index contributed by atoms with van der Waals surface area (Å²) in [6, 6.07) is 4.47. The molecule has 0 heterocycles. The van der Waals surface area contributed by atoms with Crippen molar-refractivity contribution in [1.29, 1.82) is 0 Å². The van der Waals surface area contributed by atoms with Gasteiger partial charge in [-0.15, -0.1) is 0 Å². The normalized spacial score (nSPS) is 10.1. The Morgan fingerprint density at radius 3 is 2.61 bits per heavy atom. The van der Waals surface area contributed by atoms with E-state index in [1.807, 2.05) is 6.92 Å². The Hall–Kier alpha value is -1.84. The number of phenolic OH excluding ortho intramolecular Hbond substituents is 1. The largest absolute Gasteiger partial charge is 0.508 e. The number of rotatable bonds is 6. The molecule has 4 nitrogen and oxygen atoms in total. The lowest BCUT2D eigenvalue weighted by atomic mass is 9.98. The fourth-order valence-electron chi connectivity index (χ4n) is 1.71. The number of carbonyl (C=O) groups is 2. The van der Waals surface area contributed by atoms with Crippen molar-refractivity contribution in [2.24, 2.45) is 0 Å². The first-order valence-electron chi connectivity index (χ1n) is 6.09. The van der Waals surface area contributed by atoms with Gasteiger partial charge in [0.15, 0.2) is 5.78 Å². The zero-order valence-corrected chi connectivity index (χ0v) is 10.7. The van der Waals surface area contributed by atoms with Crippen LogP contribution in [0.1, 0.15) is 42.6 Å². The van der Waals surface area contributed by atoms with Gasteiger partial charge in [-0.3, -0.25) is 9.59 Å². The van der Waals surface area contributed by atoms with E-state index in [4.69, 9.17) is 4.74 Å². The van der Waals surface area contributed by atoms with E-state index in [1.54, 1.807) is 13.0 Å². The first-order valence-corrected chi connectivity index (χ1v) is 6.09. The topological polar surface area (TPSA) is 63.6 Å². The van der Waals surface area contributed by atoms with Gasteiger partial charge in [0.25, 0.3) is 0 Å². The summed E-state index contributed by atoms with van der Waals surface area (Å²) in [5.74, 6) is -0.400. The minimum Gasteiger partial charge on any atom is -0.508 e. The number of esters is 1. The van der Waals surface area contributed by atoms with Crippen LogP contribution in [0, 0.1) is 0 Å². The highest BCUT2D eigenvalue weighted by Crippen LogP contribution is 2.19. The first kappa shape index (κ1) is 14.2. The Morgan fingerprint density at radius 2 is 2.00 bits per heavy atom. The van der Waals surface area contributed by atoms with Crippen LogP contribution in [-0.2, 0) is 16.0 Å². The lowest BCUT2D eigenvalue weighted by molar-refractivity contribution is -0.142. The molecule has 98 valence electrons. The fraction of sp³-hybridized carbons (Fsp3) is 0.429. The molecule has 0 aliphatic rings. The molecule has 0 saturated heterocycles. The van der Waals surface area contributed by atoms with E-state index in [0.717, 1.165) is 6.42 Å². The van der Waals surface area contributed by atoms with Gasteiger partial charge in [0.1, 0.15) is 5.75 Å². The van der Waals surface area contributed by atoms with E-state index in [9.17, 15) is 14.7 Å². The minimum atomic E-state index is -0.367. The van der Waals surface area contributed by atoms with E-state index in [-0.39, 0.29) is 23.9 Å². The van der Waals surface area contributed by atoms with Gasteiger partial charge in [0.2, 0.25) is 0 Å². The predicted octanol–water partition coefficient (Wildman–Crippen LogP) is 2.48. The van der Waals surface area contributed by atoms with E-state index in [0.29, 0.717) is 24.2 Å². The zero-order chi connectivity index (χ0) is 13.5. The molecule has 0 aromatic heterocycles. The van der Waals surface area contributed by atoms with Gasteiger partial charge in [0.05, 0.1) is 13.0 Å². The summed E-state index contributed by atoms with van der Waals surface area (Å²) in [5.41, 5.74) is 1.01. The molecule has 0 aliphatic carbocycles. The van der Waals surface area contributed by atoms with Crippen molar-refractivity contribution in [2.45, 2.75) is 33.1 Å². The van der Waals surface area contributed by atoms with E-state index in [2.05, 4.69) is 0 Å². The molecule has 4 heteroatoms. The molecule has 0 atom stereocenters. The Kier molecular flexibility index (Phi) is 5.36. The summed E-state index contributed by atoms with van der Waals surface area (Å²) in [6.07, 6.45) is 1.19. The summed E-state index contributed by atoms with van der Waals surface area (Å²) in [6.45, 7) is 3.96. The molecule has 1 N–H and O–H groups in total. The van der Waals surface area contributed by atoms with Gasteiger partial charge >= 0.3 is 5.97 Å². The average molecular weight is 250 g/mol. The van der Waals surface area contributed by atoms with Crippen LogP contribution in [0.3, 0.4) is 0 Å². The lowest BCUT2D eigenvalue weighted by Crippen LogP contribution is -2.11. The Bertz CT molecular complexity index is 437. The number of benzene rings is 1. The molecule has 0 saturated carbocycles. The molecule has 0 bridgehead atoms. The number of carbonyl (C=O) groups excluding carboxylic acids is 2. The molecule has 0 aliphatic heterocycles.